The summed E-state index contributed by atoms with van der Waals surface area (Å²) in [6, 6.07) is 0.0342. The van der Waals surface area contributed by atoms with Gasteiger partial charge in [-0.05, 0) is 44.6 Å². The third-order valence-electron chi connectivity index (χ3n) is 4.32. The molecule has 0 bridgehead atoms. The van der Waals surface area contributed by atoms with E-state index in [0.717, 1.165) is 38.5 Å². The minimum Gasteiger partial charge on any atom is -0.481 e. The van der Waals surface area contributed by atoms with Crippen LogP contribution in [0.1, 0.15) is 58.3 Å². The molecule has 0 aliphatic heterocycles. The van der Waals surface area contributed by atoms with Gasteiger partial charge in [0.15, 0.2) is 0 Å². The Balaban J connectivity index is 2.29. The number of carboxylic acids is 1. The average molecular weight is 284 g/mol. The highest BCUT2D eigenvalue weighted by atomic mass is 16.4. The molecule has 1 aliphatic carbocycles. The summed E-state index contributed by atoms with van der Waals surface area (Å²) in [5.74, 6) is -0.465. The number of carbonyl (C=O) groups excluding carboxylic acids is 1. The van der Waals surface area contributed by atoms with E-state index in [9.17, 15) is 9.59 Å². The molecule has 1 rings (SSSR count). The molecular weight excluding hydrogens is 256 g/mol. The van der Waals surface area contributed by atoms with Crippen molar-refractivity contribution in [2.45, 2.75) is 64.3 Å². The highest BCUT2D eigenvalue weighted by molar-refractivity contribution is 5.76. The Morgan fingerprint density at radius 2 is 2.10 bits per heavy atom. The normalized spacial score (nSPS) is 24.1. The monoisotopic (exact) mass is 284 g/mol. The van der Waals surface area contributed by atoms with Crippen LogP contribution in [0.5, 0.6) is 0 Å². The van der Waals surface area contributed by atoms with Crippen molar-refractivity contribution >= 4 is 11.9 Å². The fourth-order valence-corrected chi connectivity index (χ4v) is 2.97. The standard InChI is InChI=1S/C15H28N2O3/c1-2-11(8-9-16)6-7-14(18)17-13-5-3-4-12(10-13)15(19)20/h11-13H,2-10,16H2,1H3,(H,17,18)(H,19,20). The first kappa shape index (κ1) is 17.0. The van der Waals surface area contributed by atoms with Gasteiger partial charge in [-0.3, -0.25) is 9.59 Å². The van der Waals surface area contributed by atoms with Crippen molar-refractivity contribution < 1.29 is 14.7 Å². The van der Waals surface area contributed by atoms with Crippen molar-refractivity contribution in [2.24, 2.45) is 17.6 Å². The highest BCUT2D eigenvalue weighted by Crippen LogP contribution is 2.24. The number of hydrogen-bond donors (Lipinski definition) is 3. The van der Waals surface area contributed by atoms with Crippen LogP contribution < -0.4 is 11.1 Å². The number of carbonyl (C=O) groups is 2. The first-order valence-electron chi connectivity index (χ1n) is 7.79. The first-order valence-corrected chi connectivity index (χ1v) is 7.79. The summed E-state index contributed by atoms with van der Waals surface area (Å²) in [7, 11) is 0. The van der Waals surface area contributed by atoms with Crippen LogP contribution in [0.2, 0.25) is 0 Å². The smallest absolute Gasteiger partial charge is 0.306 e. The minimum absolute atomic E-state index is 0.0342. The quantitative estimate of drug-likeness (QED) is 0.634. The van der Waals surface area contributed by atoms with Gasteiger partial charge >= 0.3 is 5.97 Å². The van der Waals surface area contributed by atoms with Crippen LogP contribution in [-0.4, -0.2) is 29.6 Å². The second-order valence-electron chi connectivity index (χ2n) is 5.86. The van der Waals surface area contributed by atoms with Gasteiger partial charge in [0.2, 0.25) is 5.91 Å². The second-order valence-corrected chi connectivity index (χ2v) is 5.86. The number of amides is 1. The first-order chi connectivity index (χ1) is 9.56. The Bertz CT molecular complexity index is 320. The van der Waals surface area contributed by atoms with E-state index >= 15 is 0 Å². The van der Waals surface area contributed by atoms with Crippen molar-refractivity contribution in [2.75, 3.05) is 6.54 Å². The molecule has 5 nitrogen and oxygen atoms in total. The lowest BCUT2D eigenvalue weighted by Crippen LogP contribution is -2.40. The van der Waals surface area contributed by atoms with Gasteiger partial charge in [-0.15, -0.1) is 0 Å². The van der Waals surface area contributed by atoms with Crippen LogP contribution in [0.4, 0.5) is 0 Å². The molecule has 0 aromatic rings. The molecule has 1 aliphatic rings. The molecule has 1 saturated carbocycles. The molecule has 116 valence electrons. The molecule has 3 unspecified atom stereocenters. The van der Waals surface area contributed by atoms with E-state index in [4.69, 9.17) is 10.8 Å². The fourth-order valence-electron chi connectivity index (χ4n) is 2.97. The zero-order valence-electron chi connectivity index (χ0n) is 12.4. The summed E-state index contributed by atoms with van der Waals surface area (Å²) >= 11 is 0. The summed E-state index contributed by atoms with van der Waals surface area (Å²) < 4.78 is 0. The molecule has 3 atom stereocenters. The predicted molar refractivity (Wildman–Crippen MR) is 78.2 cm³/mol. The van der Waals surface area contributed by atoms with Gasteiger partial charge in [0.25, 0.3) is 0 Å². The van der Waals surface area contributed by atoms with Crippen LogP contribution in [0.15, 0.2) is 0 Å². The van der Waals surface area contributed by atoms with Gasteiger partial charge < -0.3 is 16.2 Å². The van der Waals surface area contributed by atoms with E-state index in [0.29, 0.717) is 25.3 Å². The largest absolute Gasteiger partial charge is 0.481 e. The molecular formula is C15H28N2O3. The summed E-state index contributed by atoms with van der Waals surface area (Å²) in [5.41, 5.74) is 5.55. The van der Waals surface area contributed by atoms with E-state index < -0.39 is 5.97 Å². The molecule has 4 N–H and O–H groups in total. The van der Waals surface area contributed by atoms with E-state index in [1.807, 2.05) is 0 Å². The molecule has 0 saturated heterocycles. The molecule has 0 spiro atoms. The lowest BCUT2D eigenvalue weighted by atomic mass is 9.85. The maximum atomic E-state index is 11.9. The van der Waals surface area contributed by atoms with Crippen LogP contribution in [-0.2, 0) is 9.59 Å². The van der Waals surface area contributed by atoms with Crippen molar-refractivity contribution in [1.82, 2.24) is 5.32 Å². The zero-order valence-corrected chi connectivity index (χ0v) is 12.4. The van der Waals surface area contributed by atoms with Gasteiger partial charge in [-0.2, -0.15) is 0 Å². The topological polar surface area (TPSA) is 92.4 Å². The van der Waals surface area contributed by atoms with Gasteiger partial charge in [-0.1, -0.05) is 19.8 Å². The summed E-state index contributed by atoms with van der Waals surface area (Å²) in [6.45, 7) is 2.79. The molecule has 20 heavy (non-hydrogen) atoms. The number of hydrogen-bond acceptors (Lipinski definition) is 3. The van der Waals surface area contributed by atoms with Gasteiger partial charge in [-0.25, -0.2) is 0 Å². The second kappa shape index (κ2) is 8.95. The van der Waals surface area contributed by atoms with Crippen LogP contribution in [0, 0.1) is 11.8 Å². The lowest BCUT2D eigenvalue weighted by Gasteiger charge is -2.27. The van der Waals surface area contributed by atoms with Crippen LogP contribution >= 0.6 is 0 Å². The number of rotatable bonds is 8. The predicted octanol–water partition coefficient (Wildman–Crippen LogP) is 1.90. The number of nitrogens with one attached hydrogen (secondary N) is 1. The molecule has 0 aromatic heterocycles. The Hall–Kier alpha value is -1.10. The third kappa shape index (κ3) is 5.90. The van der Waals surface area contributed by atoms with E-state index in [1.165, 1.54) is 0 Å². The van der Waals surface area contributed by atoms with E-state index in [2.05, 4.69) is 12.2 Å². The van der Waals surface area contributed by atoms with Crippen molar-refractivity contribution in [3.63, 3.8) is 0 Å². The maximum absolute atomic E-state index is 11.9. The minimum atomic E-state index is -0.738. The van der Waals surface area contributed by atoms with Crippen molar-refractivity contribution in [1.29, 1.82) is 0 Å². The molecule has 1 fully saturated rings. The van der Waals surface area contributed by atoms with Crippen LogP contribution in [0.3, 0.4) is 0 Å². The van der Waals surface area contributed by atoms with E-state index in [-0.39, 0.29) is 17.9 Å². The third-order valence-corrected chi connectivity index (χ3v) is 4.32. The summed E-state index contributed by atoms with van der Waals surface area (Å²) in [4.78, 5) is 22.9. The van der Waals surface area contributed by atoms with Gasteiger partial charge in [0, 0.05) is 12.5 Å². The summed E-state index contributed by atoms with van der Waals surface area (Å²) in [6.07, 6.45) is 6.49. The van der Waals surface area contributed by atoms with Crippen molar-refractivity contribution in [3.05, 3.63) is 0 Å². The number of aliphatic carboxylic acids is 1. The molecule has 0 heterocycles. The number of nitrogens with two attached hydrogens (primary N) is 1. The lowest BCUT2D eigenvalue weighted by molar-refractivity contribution is -0.143. The highest BCUT2D eigenvalue weighted by Gasteiger charge is 2.27. The maximum Gasteiger partial charge on any atom is 0.306 e. The average Bonchev–Trinajstić information content (AvgIpc) is 2.43. The Kier molecular flexibility index (Phi) is 7.59. The van der Waals surface area contributed by atoms with E-state index in [1.54, 1.807) is 0 Å². The fraction of sp³-hybridized carbons (Fsp3) is 0.867. The number of carboxylic acid groups (broad SMARTS) is 1. The Morgan fingerprint density at radius 1 is 1.35 bits per heavy atom. The molecule has 0 radical (unpaired) electrons. The van der Waals surface area contributed by atoms with Crippen molar-refractivity contribution in [3.8, 4) is 0 Å². The molecule has 1 amide bonds. The summed E-state index contributed by atoms with van der Waals surface area (Å²) in [5, 5.41) is 12.0. The van der Waals surface area contributed by atoms with Gasteiger partial charge in [0.1, 0.15) is 0 Å². The molecule has 0 aromatic carbocycles. The zero-order chi connectivity index (χ0) is 15.0. The Labute approximate surface area is 121 Å². The Morgan fingerprint density at radius 3 is 2.70 bits per heavy atom. The van der Waals surface area contributed by atoms with Crippen LogP contribution in [0.25, 0.3) is 0 Å². The SMILES string of the molecule is CCC(CCN)CCC(=O)NC1CCCC(C(=O)O)C1. The molecule has 5 heteroatoms. The van der Waals surface area contributed by atoms with Gasteiger partial charge in [0.05, 0.1) is 5.92 Å².